The van der Waals surface area contributed by atoms with Gasteiger partial charge in [0.05, 0.1) is 5.69 Å². The van der Waals surface area contributed by atoms with E-state index in [9.17, 15) is 9.18 Å². The number of hydrogen-bond acceptors (Lipinski definition) is 6. The molecule has 3 aromatic rings. The fourth-order valence-corrected chi connectivity index (χ4v) is 3.78. The molecule has 0 atom stereocenters. The Hall–Kier alpha value is -2.68. The Bertz CT molecular complexity index is 880. The molecule has 0 fully saturated rings. The zero-order valence-electron chi connectivity index (χ0n) is 13.3. The summed E-state index contributed by atoms with van der Waals surface area (Å²) in [6, 6.07) is 5.79. The molecule has 4 rings (SSSR count). The number of aryl methyl sites for hydroxylation is 2. The third kappa shape index (κ3) is 3.55. The van der Waals surface area contributed by atoms with Crippen molar-refractivity contribution in [2.45, 2.75) is 32.2 Å². The van der Waals surface area contributed by atoms with E-state index >= 15 is 0 Å². The molecular weight excluding hydrogens is 343 g/mol. The first-order chi connectivity index (χ1) is 12.2. The summed E-state index contributed by atoms with van der Waals surface area (Å²) in [6.07, 6.45) is 4.35. The fraction of sp³-hybridized carbons (Fsp3) is 0.312. The molecule has 128 valence electrons. The van der Waals surface area contributed by atoms with Crippen LogP contribution in [0.3, 0.4) is 0 Å². The minimum atomic E-state index is -0.332. The highest BCUT2D eigenvalue weighted by Crippen LogP contribution is 2.29. The second kappa shape index (κ2) is 6.67. The highest BCUT2D eigenvalue weighted by molar-refractivity contribution is 7.15. The second-order valence-electron chi connectivity index (χ2n) is 5.79. The Morgan fingerprint density at radius 1 is 1.24 bits per heavy atom. The Morgan fingerprint density at radius 2 is 2.04 bits per heavy atom. The van der Waals surface area contributed by atoms with Gasteiger partial charge < -0.3 is 5.32 Å². The van der Waals surface area contributed by atoms with Crippen LogP contribution in [0.1, 0.15) is 23.4 Å². The lowest BCUT2D eigenvalue weighted by Crippen LogP contribution is -2.20. The number of carbonyl (C=O) groups excluding carboxylic acids is 1. The lowest BCUT2D eigenvalue weighted by atomic mass is 10.0. The largest absolute Gasteiger partial charge is 0.300 e. The lowest BCUT2D eigenvalue weighted by molar-refractivity contribution is -0.117. The molecule has 0 unspecified atom stereocenters. The second-order valence-corrected chi connectivity index (χ2v) is 6.88. The molecule has 0 radical (unpaired) electrons. The highest BCUT2D eigenvalue weighted by atomic mass is 32.1. The van der Waals surface area contributed by atoms with Crippen LogP contribution in [-0.2, 0) is 24.2 Å². The normalized spacial score (nSPS) is 13.5. The molecule has 1 aliphatic carbocycles. The average molecular weight is 358 g/mol. The van der Waals surface area contributed by atoms with E-state index in [2.05, 4.69) is 25.7 Å². The summed E-state index contributed by atoms with van der Waals surface area (Å²) in [7, 11) is 0. The fourth-order valence-electron chi connectivity index (χ4n) is 2.72. The maximum absolute atomic E-state index is 13.0. The van der Waals surface area contributed by atoms with Gasteiger partial charge in [0, 0.05) is 10.4 Å². The highest BCUT2D eigenvalue weighted by Gasteiger charge is 2.17. The summed E-state index contributed by atoms with van der Waals surface area (Å²) in [5, 5.41) is 15.3. The van der Waals surface area contributed by atoms with Gasteiger partial charge in [0.2, 0.25) is 11.7 Å². The molecular formula is C16H15FN6OS. The van der Waals surface area contributed by atoms with Crippen LogP contribution >= 0.6 is 11.3 Å². The number of hydrogen-bond donors (Lipinski definition) is 1. The van der Waals surface area contributed by atoms with Crippen LogP contribution in [0.2, 0.25) is 0 Å². The van der Waals surface area contributed by atoms with E-state index in [-0.39, 0.29) is 18.3 Å². The first-order valence-corrected chi connectivity index (χ1v) is 8.81. The smallest absolute Gasteiger partial charge is 0.249 e. The first kappa shape index (κ1) is 15.8. The molecule has 2 heterocycles. The van der Waals surface area contributed by atoms with Crippen molar-refractivity contribution < 1.29 is 9.18 Å². The minimum Gasteiger partial charge on any atom is -0.300 e. The van der Waals surface area contributed by atoms with E-state index in [1.165, 1.54) is 39.6 Å². The number of anilines is 1. The number of rotatable bonds is 4. The number of aromatic nitrogens is 5. The zero-order chi connectivity index (χ0) is 17.2. The van der Waals surface area contributed by atoms with Crippen LogP contribution in [0.5, 0.6) is 0 Å². The molecule has 1 aromatic carbocycles. The summed E-state index contributed by atoms with van der Waals surface area (Å²) in [5.74, 6) is -0.242. The lowest BCUT2D eigenvalue weighted by Gasteiger charge is -2.06. The number of nitrogens with one attached hydrogen (secondary N) is 1. The van der Waals surface area contributed by atoms with Gasteiger partial charge in [-0.15, -0.1) is 21.5 Å². The monoisotopic (exact) mass is 358 g/mol. The number of nitrogens with zero attached hydrogens (tertiary/aromatic N) is 5. The van der Waals surface area contributed by atoms with E-state index in [0.717, 1.165) is 25.0 Å². The topological polar surface area (TPSA) is 85.6 Å². The summed E-state index contributed by atoms with van der Waals surface area (Å²) in [4.78, 5) is 19.1. The maximum Gasteiger partial charge on any atom is 0.249 e. The third-order valence-electron chi connectivity index (χ3n) is 3.93. The number of amides is 1. The molecule has 2 aromatic heterocycles. The number of carbonyl (C=O) groups is 1. The van der Waals surface area contributed by atoms with Crippen molar-refractivity contribution in [1.29, 1.82) is 0 Å². The molecule has 0 aliphatic heterocycles. The molecule has 1 amide bonds. The molecule has 0 bridgehead atoms. The Balaban J connectivity index is 1.41. The summed E-state index contributed by atoms with van der Waals surface area (Å²) < 4.78 is 13.0. The van der Waals surface area contributed by atoms with Crippen molar-refractivity contribution in [2.75, 3.05) is 5.32 Å². The number of fused-ring (bicyclic) bond motifs is 1. The molecule has 7 nitrogen and oxygen atoms in total. The van der Waals surface area contributed by atoms with Crippen molar-refractivity contribution in [2.24, 2.45) is 0 Å². The summed E-state index contributed by atoms with van der Waals surface area (Å²) in [6.45, 7) is -0.0571. The third-order valence-corrected chi connectivity index (χ3v) is 5.01. The Morgan fingerprint density at radius 3 is 2.84 bits per heavy atom. The molecule has 0 saturated carbocycles. The summed E-state index contributed by atoms with van der Waals surface area (Å²) >= 11 is 1.53. The maximum atomic E-state index is 13.0. The van der Waals surface area contributed by atoms with Crippen molar-refractivity contribution in [3.63, 3.8) is 0 Å². The molecule has 25 heavy (non-hydrogen) atoms. The van der Waals surface area contributed by atoms with E-state index in [1.54, 1.807) is 12.1 Å². The van der Waals surface area contributed by atoms with Gasteiger partial charge in [0.25, 0.3) is 0 Å². The SMILES string of the molecule is O=C(Cn1nnc(-c2ccc(F)cc2)n1)Nc1nc2c(s1)CCCC2. The van der Waals surface area contributed by atoms with Gasteiger partial charge in [-0.1, -0.05) is 0 Å². The quantitative estimate of drug-likeness (QED) is 0.774. The van der Waals surface area contributed by atoms with Gasteiger partial charge in [0.1, 0.15) is 12.4 Å². The van der Waals surface area contributed by atoms with E-state index in [1.807, 2.05) is 0 Å². The molecule has 1 aliphatic rings. The minimum absolute atomic E-state index is 0.0571. The first-order valence-electron chi connectivity index (χ1n) is 7.99. The van der Waals surface area contributed by atoms with Gasteiger partial charge in [0.15, 0.2) is 5.13 Å². The predicted octanol–water partition coefficient (Wildman–Crippen LogP) is 2.45. The van der Waals surface area contributed by atoms with Gasteiger partial charge in [-0.05, 0) is 55.2 Å². The molecule has 9 heteroatoms. The van der Waals surface area contributed by atoms with Gasteiger partial charge >= 0.3 is 0 Å². The van der Waals surface area contributed by atoms with E-state index in [4.69, 9.17) is 0 Å². The van der Waals surface area contributed by atoms with Crippen LogP contribution in [0.15, 0.2) is 24.3 Å². The van der Waals surface area contributed by atoms with Crippen molar-refractivity contribution in [1.82, 2.24) is 25.2 Å². The average Bonchev–Trinajstić information content (AvgIpc) is 3.21. The molecule has 0 saturated heterocycles. The predicted molar refractivity (Wildman–Crippen MR) is 90.6 cm³/mol. The van der Waals surface area contributed by atoms with Crippen LogP contribution < -0.4 is 5.32 Å². The van der Waals surface area contributed by atoms with E-state index in [0.29, 0.717) is 16.5 Å². The Kier molecular flexibility index (Phi) is 4.22. The Labute approximate surface area is 146 Å². The van der Waals surface area contributed by atoms with Gasteiger partial charge in [-0.3, -0.25) is 4.79 Å². The van der Waals surface area contributed by atoms with Crippen molar-refractivity contribution >= 4 is 22.4 Å². The number of benzene rings is 1. The van der Waals surface area contributed by atoms with Gasteiger partial charge in [-0.25, -0.2) is 9.37 Å². The van der Waals surface area contributed by atoms with Crippen LogP contribution in [0.4, 0.5) is 9.52 Å². The van der Waals surface area contributed by atoms with Crippen LogP contribution in [0, 0.1) is 5.82 Å². The molecule has 1 N–H and O–H groups in total. The van der Waals surface area contributed by atoms with E-state index < -0.39 is 0 Å². The van der Waals surface area contributed by atoms with Gasteiger partial charge in [-0.2, -0.15) is 4.80 Å². The summed E-state index contributed by atoms with van der Waals surface area (Å²) in [5.41, 5.74) is 1.74. The molecule has 0 spiro atoms. The van der Waals surface area contributed by atoms with Crippen molar-refractivity contribution in [3.05, 3.63) is 40.7 Å². The van der Waals surface area contributed by atoms with Crippen molar-refractivity contribution in [3.8, 4) is 11.4 Å². The van der Waals surface area contributed by atoms with Crippen LogP contribution in [-0.4, -0.2) is 31.1 Å². The number of halogens is 1. The number of tetrazole rings is 1. The zero-order valence-corrected chi connectivity index (χ0v) is 14.1. The van der Waals surface area contributed by atoms with Crippen LogP contribution in [0.25, 0.3) is 11.4 Å². The standard InChI is InChI=1S/C16H15FN6OS/c17-11-7-5-10(6-8-11)15-20-22-23(21-15)9-14(24)19-16-18-12-3-1-2-4-13(12)25-16/h5-8H,1-4,9H2,(H,18,19,24). The number of thiazole rings is 1.